The van der Waals surface area contributed by atoms with E-state index in [2.05, 4.69) is 40.3 Å². The molecule has 1 saturated heterocycles. The number of anilines is 1. The summed E-state index contributed by atoms with van der Waals surface area (Å²) in [6.45, 7) is 6.57. The van der Waals surface area contributed by atoms with Crippen LogP contribution in [0, 0.1) is 5.92 Å². The molecular formula is C18H29IN4. The van der Waals surface area contributed by atoms with Gasteiger partial charge in [-0.1, -0.05) is 19.1 Å². The average molecular weight is 428 g/mol. The van der Waals surface area contributed by atoms with Crippen molar-refractivity contribution < 1.29 is 0 Å². The van der Waals surface area contributed by atoms with Crippen LogP contribution in [-0.2, 0) is 12.8 Å². The fourth-order valence-electron chi connectivity index (χ4n) is 3.65. The molecule has 128 valence electrons. The van der Waals surface area contributed by atoms with Crippen LogP contribution < -0.4 is 11.1 Å². The second kappa shape index (κ2) is 8.87. The van der Waals surface area contributed by atoms with Gasteiger partial charge in [0.2, 0.25) is 0 Å². The van der Waals surface area contributed by atoms with Crippen LogP contribution in [-0.4, -0.2) is 37.0 Å². The van der Waals surface area contributed by atoms with E-state index in [0.717, 1.165) is 31.7 Å². The average Bonchev–Trinajstić information content (AvgIpc) is 3.01. The smallest absolute Gasteiger partial charge is 0.193 e. The molecule has 0 radical (unpaired) electrons. The van der Waals surface area contributed by atoms with Gasteiger partial charge in [0.05, 0.1) is 0 Å². The summed E-state index contributed by atoms with van der Waals surface area (Å²) in [7, 11) is 0. The Balaban J connectivity index is 0.00000192. The second-order valence-electron chi connectivity index (χ2n) is 6.55. The highest BCUT2D eigenvalue weighted by Gasteiger charge is 2.20. The summed E-state index contributed by atoms with van der Waals surface area (Å²) < 4.78 is 0. The Labute approximate surface area is 156 Å². The van der Waals surface area contributed by atoms with Crippen LogP contribution in [0.2, 0.25) is 0 Å². The van der Waals surface area contributed by atoms with Gasteiger partial charge in [0.15, 0.2) is 5.96 Å². The molecule has 1 aliphatic heterocycles. The van der Waals surface area contributed by atoms with Crippen molar-refractivity contribution in [3.8, 4) is 0 Å². The summed E-state index contributed by atoms with van der Waals surface area (Å²) in [6.07, 6.45) is 6.16. The third kappa shape index (κ3) is 4.83. The minimum absolute atomic E-state index is 0. The maximum atomic E-state index is 6.11. The summed E-state index contributed by atoms with van der Waals surface area (Å²) >= 11 is 0. The number of guanidine groups is 1. The lowest BCUT2D eigenvalue weighted by Crippen LogP contribution is -2.26. The van der Waals surface area contributed by atoms with Crippen molar-refractivity contribution >= 4 is 35.6 Å². The number of aryl methyl sites for hydroxylation is 1. The Morgan fingerprint density at radius 2 is 2.17 bits per heavy atom. The van der Waals surface area contributed by atoms with E-state index >= 15 is 0 Å². The zero-order valence-electron chi connectivity index (χ0n) is 14.1. The Morgan fingerprint density at radius 3 is 2.96 bits per heavy atom. The predicted molar refractivity (Wildman–Crippen MR) is 109 cm³/mol. The van der Waals surface area contributed by atoms with Crippen LogP contribution in [0.3, 0.4) is 0 Å². The number of hydrogen-bond donors (Lipinski definition) is 2. The molecule has 1 aliphatic carbocycles. The topological polar surface area (TPSA) is 53.6 Å². The normalized spacial score (nSPS) is 21.6. The van der Waals surface area contributed by atoms with Crippen molar-refractivity contribution in [1.82, 2.24) is 4.90 Å². The van der Waals surface area contributed by atoms with Crippen LogP contribution in [0.25, 0.3) is 0 Å². The third-order valence-electron chi connectivity index (χ3n) is 5.00. The number of hydrogen-bond acceptors (Lipinski definition) is 2. The third-order valence-corrected chi connectivity index (χ3v) is 5.00. The number of nitrogens with zero attached hydrogens (tertiary/aromatic N) is 2. The molecule has 0 amide bonds. The SMILES string of the molecule is CCN1CCC(CN=C(N)Nc2cccc3c2CCCC3)C1.I. The van der Waals surface area contributed by atoms with Crippen LogP contribution in [0.15, 0.2) is 23.2 Å². The number of benzene rings is 1. The number of likely N-dealkylation sites (tertiary alicyclic amines) is 1. The van der Waals surface area contributed by atoms with Crippen LogP contribution >= 0.6 is 24.0 Å². The summed E-state index contributed by atoms with van der Waals surface area (Å²) in [5.74, 6) is 1.22. The quantitative estimate of drug-likeness (QED) is 0.440. The Morgan fingerprint density at radius 1 is 1.35 bits per heavy atom. The molecule has 2 aliphatic rings. The molecule has 3 rings (SSSR count). The molecule has 1 atom stereocenters. The molecule has 1 heterocycles. The molecule has 1 fully saturated rings. The molecule has 1 unspecified atom stereocenters. The lowest BCUT2D eigenvalue weighted by molar-refractivity contribution is 0.344. The molecule has 5 heteroatoms. The predicted octanol–water partition coefficient (Wildman–Crippen LogP) is 3.25. The van der Waals surface area contributed by atoms with Crippen molar-refractivity contribution in [3.05, 3.63) is 29.3 Å². The molecule has 0 bridgehead atoms. The van der Waals surface area contributed by atoms with Crippen LogP contribution in [0.4, 0.5) is 5.69 Å². The van der Waals surface area contributed by atoms with E-state index in [0.29, 0.717) is 11.9 Å². The summed E-state index contributed by atoms with van der Waals surface area (Å²) in [5, 5.41) is 3.33. The van der Waals surface area contributed by atoms with Crippen molar-refractivity contribution in [2.24, 2.45) is 16.6 Å². The zero-order valence-corrected chi connectivity index (χ0v) is 16.4. The highest BCUT2D eigenvalue weighted by molar-refractivity contribution is 14.0. The van der Waals surface area contributed by atoms with E-state index in [1.165, 1.54) is 43.4 Å². The van der Waals surface area contributed by atoms with Gasteiger partial charge in [-0.3, -0.25) is 4.99 Å². The largest absolute Gasteiger partial charge is 0.370 e. The Kier molecular flexibility index (Phi) is 7.14. The molecule has 3 N–H and O–H groups in total. The first kappa shape index (κ1) is 18.5. The molecule has 1 aromatic carbocycles. The highest BCUT2D eigenvalue weighted by Crippen LogP contribution is 2.27. The van der Waals surface area contributed by atoms with E-state index in [-0.39, 0.29) is 24.0 Å². The van der Waals surface area contributed by atoms with Gasteiger partial charge in [-0.05, 0) is 68.3 Å². The van der Waals surface area contributed by atoms with Crippen molar-refractivity contribution in [2.75, 3.05) is 31.5 Å². The lowest BCUT2D eigenvalue weighted by atomic mass is 9.90. The van der Waals surface area contributed by atoms with E-state index < -0.39 is 0 Å². The zero-order chi connectivity index (χ0) is 15.4. The maximum absolute atomic E-state index is 6.11. The van der Waals surface area contributed by atoms with Crippen molar-refractivity contribution in [2.45, 2.75) is 39.0 Å². The molecule has 1 aromatic rings. The second-order valence-corrected chi connectivity index (χ2v) is 6.55. The lowest BCUT2D eigenvalue weighted by Gasteiger charge is -2.20. The standard InChI is InChI=1S/C18H28N4.HI/c1-2-22-11-10-14(13-22)12-20-18(19)21-17-9-5-7-15-6-3-4-8-16(15)17;/h5,7,9,14H,2-4,6,8,10-13H2,1H3,(H3,19,20,21);1H. The van der Waals surface area contributed by atoms with E-state index in [4.69, 9.17) is 5.73 Å². The van der Waals surface area contributed by atoms with Gasteiger partial charge in [0.1, 0.15) is 0 Å². The van der Waals surface area contributed by atoms with Crippen molar-refractivity contribution in [3.63, 3.8) is 0 Å². The highest BCUT2D eigenvalue weighted by atomic mass is 127. The Bertz CT molecular complexity index is 544. The first-order valence-corrected chi connectivity index (χ1v) is 8.66. The van der Waals surface area contributed by atoms with Gasteiger partial charge in [-0.2, -0.15) is 0 Å². The molecule has 23 heavy (non-hydrogen) atoms. The molecule has 4 nitrogen and oxygen atoms in total. The molecule has 0 saturated carbocycles. The summed E-state index contributed by atoms with van der Waals surface area (Å²) in [4.78, 5) is 7.06. The van der Waals surface area contributed by atoms with Gasteiger partial charge >= 0.3 is 0 Å². The van der Waals surface area contributed by atoms with Crippen LogP contribution in [0.5, 0.6) is 0 Å². The number of aliphatic imine (C=N–C) groups is 1. The van der Waals surface area contributed by atoms with Gasteiger partial charge in [-0.15, -0.1) is 24.0 Å². The molecular weight excluding hydrogens is 399 g/mol. The Hall–Kier alpha value is -0.820. The number of nitrogens with two attached hydrogens (primary N) is 1. The van der Waals surface area contributed by atoms with Gasteiger partial charge in [0, 0.05) is 18.8 Å². The van der Waals surface area contributed by atoms with E-state index in [9.17, 15) is 0 Å². The number of halogens is 1. The van der Waals surface area contributed by atoms with Gasteiger partial charge in [0.25, 0.3) is 0 Å². The minimum atomic E-state index is 0. The van der Waals surface area contributed by atoms with Gasteiger partial charge in [-0.25, -0.2) is 0 Å². The van der Waals surface area contributed by atoms with Crippen molar-refractivity contribution in [1.29, 1.82) is 0 Å². The number of nitrogens with one attached hydrogen (secondary N) is 1. The van der Waals surface area contributed by atoms with E-state index in [1.807, 2.05) is 0 Å². The number of rotatable bonds is 4. The summed E-state index contributed by atoms with van der Waals surface area (Å²) in [5.41, 5.74) is 10.2. The van der Waals surface area contributed by atoms with E-state index in [1.54, 1.807) is 0 Å². The van der Waals surface area contributed by atoms with Crippen LogP contribution in [0.1, 0.15) is 37.3 Å². The molecule has 0 aromatic heterocycles. The summed E-state index contributed by atoms with van der Waals surface area (Å²) in [6, 6.07) is 6.49. The fraction of sp³-hybridized carbons (Fsp3) is 0.611. The first-order chi connectivity index (χ1) is 10.8. The maximum Gasteiger partial charge on any atom is 0.193 e. The van der Waals surface area contributed by atoms with Gasteiger partial charge < -0.3 is 16.0 Å². The monoisotopic (exact) mass is 428 g/mol. The number of fused-ring (bicyclic) bond motifs is 1. The first-order valence-electron chi connectivity index (χ1n) is 8.66. The minimum Gasteiger partial charge on any atom is -0.370 e. The molecule has 0 spiro atoms. The fourth-order valence-corrected chi connectivity index (χ4v) is 3.65.